The van der Waals surface area contributed by atoms with Gasteiger partial charge in [0.25, 0.3) is 5.56 Å². The van der Waals surface area contributed by atoms with Crippen molar-refractivity contribution in [3.05, 3.63) is 40.4 Å². The minimum atomic E-state index is -0.0488. The minimum absolute atomic E-state index is 0.0488. The van der Waals surface area contributed by atoms with E-state index in [4.69, 9.17) is 0 Å². The fourth-order valence-electron chi connectivity index (χ4n) is 2.38. The lowest BCUT2D eigenvalue weighted by Crippen LogP contribution is -2.28. The van der Waals surface area contributed by atoms with Gasteiger partial charge in [-0.25, -0.2) is 4.98 Å². The van der Waals surface area contributed by atoms with Gasteiger partial charge in [0.15, 0.2) is 0 Å². The molecule has 1 atom stereocenters. The number of rotatable bonds is 4. The van der Waals surface area contributed by atoms with Crippen LogP contribution in [0.25, 0.3) is 10.9 Å². The molecule has 0 amide bonds. The maximum absolute atomic E-state index is 12.0. The highest BCUT2D eigenvalue weighted by Crippen LogP contribution is 2.31. The number of fused-ring (bicyclic) bond motifs is 1. The van der Waals surface area contributed by atoms with E-state index in [1.165, 1.54) is 12.8 Å². The van der Waals surface area contributed by atoms with Crippen molar-refractivity contribution in [1.29, 1.82) is 0 Å². The van der Waals surface area contributed by atoms with Crippen molar-refractivity contribution in [3.63, 3.8) is 0 Å². The first-order chi connectivity index (χ1) is 9.15. The van der Waals surface area contributed by atoms with Crippen molar-refractivity contribution in [3.8, 4) is 0 Å². The molecular formula is C15H19N3O. The SMILES string of the molecule is CC(c1nc2ccccc2c(=O)[nH]1)N(C)CC1CC1. The number of H-pyrrole nitrogens is 1. The molecule has 1 heterocycles. The first kappa shape index (κ1) is 12.4. The third-order valence-corrected chi connectivity index (χ3v) is 3.93. The van der Waals surface area contributed by atoms with Crippen LogP contribution in [0.3, 0.4) is 0 Å². The number of nitrogens with one attached hydrogen (secondary N) is 1. The van der Waals surface area contributed by atoms with Gasteiger partial charge in [0.05, 0.1) is 16.9 Å². The highest BCUT2D eigenvalue weighted by atomic mass is 16.1. The van der Waals surface area contributed by atoms with Gasteiger partial charge in [-0.3, -0.25) is 9.69 Å². The first-order valence-electron chi connectivity index (χ1n) is 6.84. The van der Waals surface area contributed by atoms with Crippen molar-refractivity contribution in [1.82, 2.24) is 14.9 Å². The summed E-state index contributed by atoms with van der Waals surface area (Å²) in [6, 6.07) is 7.61. The van der Waals surface area contributed by atoms with E-state index in [0.717, 1.165) is 23.8 Å². The van der Waals surface area contributed by atoms with Gasteiger partial charge < -0.3 is 4.98 Å². The predicted octanol–water partition coefficient (Wildman–Crippen LogP) is 2.33. The Balaban J connectivity index is 1.93. The average Bonchev–Trinajstić information content (AvgIpc) is 3.21. The van der Waals surface area contributed by atoms with Crippen LogP contribution < -0.4 is 5.56 Å². The van der Waals surface area contributed by atoms with Crippen molar-refractivity contribution in [2.75, 3.05) is 13.6 Å². The van der Waals surface area contributed by atoms with E-state index in [9.17, 15) is 4.79 Å². The van der Waals surface area contributed by atoms with Gasteiger partial charge in [0.1, 0.15) is 5.82 Å². The Morgan fingerprint density at radius 1 is 1.42 bits per heavy atom. The normalized spacial score (nSPS) is 17.0. The second-order valence-electron chi connectivity index (χ2n) is 5.53. The van der Waals surface area contributed by atoms with Gasteiger partial charge in [-0.1, -0.05) is 12.1 Å². The second kappa shape index (κ2) is 4.78. The fraction of sp³-hybridized carbons (Fsp3) is 0.467. The molecule has 0 aliphatic heterocycles. The van der Waals surface area contributed by atoms with E-state index in [1.807, 2.05) is 24.3 Å². The van der Waals surface area contributed by atoms with Crippen LogP contribution in [0.2, 0.25) is 0 Å². The number of para-hydroxylation sites is 1. The average molecular weight is 257 g/mol. The fourth-order valence-corrected chi connectivity index (χ4v) is 2.38. The number of nitrogens with zero attached hydrogens (tertiary/aromatic N) is 2. The third-order valence-electron chi connectivity index (χ3n) is 3.93. The van der Waals surface area contributed by atoms with Gasteiger partial charge in [0.2, 0.25) is 0 Å². The van der Waals surface area contributed by atoms with E-state index in [-0.39, 0.29) is 11.6 Å². The summed E-state index contributed by atoms with van der Waals surface area (Å²) < 4.78 is 0. The highest BCUT2D eigenvalue weighted by Gasteiger charge is 2.25. The molecule has 1 aromatic carbocycles. The van der Waals surface area contributed by atoms with Gasteiger partial charge in [-0.05, 0) is 44.9 Å². The standard InChI is InChI=1S/C15H19N3O/c1-10(18(2)9-11-7-8-11)14-16-13-6-4-3-5-12(13)15(19)17-14/h3-6,10-11H,7-9H2,1-2H3,(H,16,17,19). The molecule has 1 aliphatic carbocycles. The maximum Gasteiger partial charge on any atom is 0.258 e. The smallest absolute Gasteiger partial charge is 0.258 e. The Bertz CT molecular complexity index is 645. The number of aromatic amines is 1. The molecule has 1 saturated carbocycles. The Hall–Kier alpha value is -1.68. The molecule has 0 bridgehead atoms. The van der Waals surface area contributed by atoms with E-state index in [1.54, 1.807) is 0 Å². The third kappa shape index (κ3) is 2.54. The molecule has 0 radical (unpaired) electrons. The molecule has 1 aliphatic rings. The van der Waals surface area contributed by atoms with Crippen LogP contribution in [-0.2, 0) is 0 Å². The van der Waals surface area contributed by atoms with Crippen LogP contribution in [0.15, 0.2) is 29.1 Å². The lowest BCUT2D eigenvalue weighted by Gasteiger charge is -2.23. The molecule has 0 spiro atoms. The number of benzene rings is 1. The quantitative estimate of drug-likeness (QED) is 0.914. The van der Waals surface area contributed by atoms with Gasteiger partial charge in [0, 0.05) is 6.54 Å². The number of hydrogen-bond donors (Lipinski definition) is 1. The van der Waals surface area contributed by atoms with Gasteiger partial charge >= 0.3 is 0 Å². The molecule has 3 rings (SSSR count). The van der Waals surface area contributed by atoms with Crippen LogP contribution in [0, 0.1) is 5.92 Å². The molecule has 1 N–H and O–H groups in total. The van der Waals surface area contributed by atoms with Crippen molar-refractivity contribution >= 4 is 10.9 Å². The Labute approximate surface area is 112 Å². The van der Waals surface area contributed by atoms with E-state index >= 15 is 0 Å². The summed E-state index contributed by atoms with van der Waals surface area (Å²) in [6.45, 7) is 3.17. The molecule has 4 nitrogen and oxygen atoms in total. The topological polar surface area (TPSA) is 49.0 Å². The first-order valence-corrected chi connectivity index (χ1v) is 6.84. The summed E-state index contributed by atoms with van der Waals surface area (Å²) in [5.74, 6) is 1.59. The Kier molecular flexibility index (Phi) is 3.11. The lowest BCUT2D eigenvalue weighted by atomic mass is 10.2. The lowest BCUT2D eigenvalue weighted by molar-refractivity contribution is 0.242. The summed E-state index contributed by atoms with van der Waals surface area (Å²) in [5.41, 5.74) is 0.722. The van der Waals surface area contributed by atoms with Gasteiger partial charge in [-0.2, -0.15) is 0 Å². The van der Waals surface area contributed by atoms with Gasteiger partial charge in [-0.15, -0.1) is 0 Å². The summed E-state index contributed by atoms with van der Waals surface area (Å²) in [6.07, 6.45) is 2.66. The molecular weight excluding hydrogens is 238 g/mol. The van der Waals surface area contributed by atoms with Crippen molar-refractivity contribution < 1.29 is 0 Å². The number of hydrogen-bond acceptors (Lipinski definition) is 3. The summed E-state index contributed by atoms with van der Waals surface area (Å²) in [7, 11) is 2.10. The maximum atomic E-state index is 12.0. The van der Waals surface area contributed by atoms with Crippen LogP contribution in [-0.4, -0.2) is 28.5 Å². The largest absolute Gasteiger partial charge is 0.309 e. The molecule has 0 saturated heterocycles. The van der Waals surface area contributed by atoms with Crippen LogP contribution >= 0.6 is 0 Å². The molecule has 4 heteroatoms. The number of aromatic nitrogens is 2. The zero-order chi connectivity index (χ0) is 13.4. The van der Waals surface area contributed by atoms with Crippen LogP contribution in [0.1, 0.15) is 31.6 Å². The Morgan fingerprint density at radius 3 is 2.89 bits per heavy atom. The Morgan fingerprint density at radius 2 is 2.16 bits per heavy atom. The van der Waals surface area contributed by atoms with E-state index in [2.05, 4.69) is 28.8 Å². The molecule has 1 aromatic heterocycles. The molecule has 1 unspecified atom stereocenters. The predicted molar refractivity (Wildman–Crippen MR) is 76.1 cm³/mol. The van der Waals surface area contributed by atoms with Crippen molar-refractivity contribution in [2.45, 2.75) is 25.8 Å². The second-order valence-corrected chi connectivity index (χ2v) is 5.53. The highest BCUT2D eigenvalue weighted by molar-refractivity contribution is 5.77. The molecule has 19 heavy (non-hydrogen) atoms. The van der Waals surface area contributed by atoms with Crippen LogP contribution in [0.5, 0.6) is 0 Å². The molecule has 2 aromatic rings. The zero-order valence-electron chi connectivity index (χ0n) is 11.4. The molecule has 1 fully saturated rings. The van der Waals surface area contributed by atoms with Crippen LogP contribution in [0.4, 0.5) is 0 Å². The van der Waals surface area contributed by atoms with E-state index in [0.29, 0.717) is 5.39 Å². The van der Waals surface area contributed by atoms with E-state index < -0.39 is 0 Å². The summed E-state index contributed by atoms with van der Waals surface area (Å²) in [5, 5.41) is 0.656. The van der Waals surface area contributed by atoms with Crippen molar-refractivity contribution in [2.24, 2.45) is 5.92 Å². The minimum Gasteiger partial charge on any atom is -0.309 e. The summed E-state index contributed by atoms with van der Waals surface area (Å²) in [4.78, 5) is 21.8. The zero-order valence-corrected chi connectivity index (χ0v) is 11.4. The summed E-state index contributed by atoms with van der Waals surface area (Å²) >= 11 is 0. The molecule has 100 valence electrons. The monoisotopic (exact) mass is 257 g/mol.